The molecule has 3 rings (SSSR count). The minimum Gasteiger partial charge on any atom is -0.466 e. The summed E-state index contributed by atoms with van der Waals surface area (Å²) in [4.78, 5) is 24.7. The highest BCUT2D eigenvalue weighted by Crippen LogP contribution is 2.27. The molecule has 0 atom stereocenters. The van der Waals surface area contributed by atoms with Crippen molar-refractivity contribution in [2.45, 2.75) is 48.8 Å². The molecule has 1 aliphatic rings. The van der Waals surface area contributed by atoms with Crippen molar-refractivity contribution in [2.24, 2.45) is 5.92 Å². The van der Waals surface area contributed by atoms with Crippen LogP contribution >= 0.6 is 23.1 Å². The molecular weight excluding hydrogens is 496 g/mol. The van der Waals surface area contributed by atoms with Crippen LogP contribution in [0.25, 0.3) is 0 Å². The summed E-state index contributed by atoms with van der Waals surface area (Å²) < 4.78 is 33.5. The van der Waals surface area contributed by atoms with Gasteiger partial charge in [0.2, 0.25) is 15.2 Å². The number of ether oxygens (including phenoxy) is 1. The third-order valence-corrected chi connectivity index (χ3v) is 9.39. The van der Waals surface area contributed by atoms with Crippen LogP contribution in [0.5, 0.6) is 0 Å². The molecule has 2 aromatic rings. The SMILES string of the molecule is CCCCSc1nnc(NCC(=O)c2cccc(S(=O)(=O)N3CCC(C(=O)OCC)CC3)c2)s1. The molecule has 0 saturated carbocycles. The topological polar surface area (TPSA) is 119 Å². The Morgan fingerprint density at radius 2 is 2.00 bits per heavy atom. The van der Waals surface area contributed by atoms with Gasteiger partial charge in [-0.15, -0.1) is 10.2 Å². The third-order valence-electron chi connectivity index (χ3n) is 5.40. The van der Waals surface area contributed by atoms with E-state index in [1.165, 1.54) is 27.8 Å². The number of piperidine rings is 1. The fourth-order valence-electron chi connectivity index (χ4n) is 3.47. The molecule has 12 heteroatoms. The number of hydrogen-bond acceptors (Lipinski definition) is 10. The van der Waals surface area contributed by atoms with Crippen LogP contribution in [0, 0.1) is 5.92 Å². The van der Waals surface area contributed by atoms with Gasteiger partial charge < -0.3 is 10.1 Å². The van der Waals surface area contributed by atoms with Crippen LogP contribution in [-0.4, -0.2) is 66.7 Å². The predicted molar refractivity (Wildman–Crippen MR) is 133 cm³/mol. The van der Waals surface area contributed by atoms with Gasteiger partial charge in [0.25, 0.3) is 0 Å². The highest BCUT2D eigenvalue weighted by Gasteiger charge is 2.33. The Morgan fingerprint density at radius 3 is 2.71 bits per heavy atom. The Hall–Kier alpha value is -2.02. The van der Waals surface area contributed by atoms with Gasteiger partial charge in [0.15, 0.2) is 10.1 Å². The van der Waals surface area contributed by atoms with Crippen molar-refractivity contribution < 1.29 is 22.7 Å². The molecule has 0 amide bonds. The molecule has 1 fully saturated rings. The summed E-state index contributed by atoms with van der Waals surface area (Å²) in [5, 5.41) is 11.7. The quantitative estimate of drug-likeness (QED) is 0.191. The number of esters is 1. The molecule has 1 saturated heterocycles. The number of hydrogen-bond donors (Lipinski definition) is 1. The number of benzene rings is 1. The average Bonchev–Trinajstić information content (AvgIpc) is 3.30. The van der Waals surface area contributed by atoms with E-state index in [1.807, 2.05) is 0 Å². The van der Waals surface area contributed by atoms with E-state index in [0.29, 0.717) is 30.1 Å². The Bertz CT molecular complexity index is 1080. The highest BCUT2D eigenvalue weighted by atomic mass is 32.2. The number of unbranched alkanes of at least 4 members (excludes halogenated alkanes) is 1. The van der Waals surface area contributed by atoms with Gasteiger partial charge >= 0.3 is 5.97 Å². The molecule has 0 spiro atoms. The van der Waals surface area contributed by atoms with Gasteiger partial charge in [-0.25, -0.2) is 8.42 Å². The van der Waals surface area contributed by atoms with E-state index >= 15 is 0 Å². The second kappa shape index (κ2) is 12.6. The monoisotopic (exact) mass is 526 g/mol. The average molecular weight is 527 g/mol. The van der Waals surface area contributed by atoms with E-state index < -0.39 is 10.0 Å². The molecule has 0 radical (unpaired) electrons. The van der Waals surface area contributed by atoms with Crippen molar-refractivity contribution in [3.05, 3.63) is 29.8 Å². The molecule has 186 valence electrons. The van der Waals surface area contributed by atoms with Gasteiger partial charge in [0.1, 0.15) is 0 Å². The summed E-state index contributed by atoms with van der Waals surface area (Å²) in [6.45, 7) is 4.66. The Balaban J connectivity index is 1.58. The summed E-state index contributed by atoms with van der Waals surface area (Å²) >= 11 is 3.04. The minimum absolute atomic E-state index is 0.0112. The van der Waals surface area contributed by atoms with Crippen molar-refractivity contribution >= 4 is 50.0 Å². The standard InChI is InChI=1S/C22H30N4O5S3/c1-3-5-13-32-22-25-24-21(33-22)23-15-19(27)17-7-6-8-18(14-17)34(29,30)26-11-9-16(10-12-26)20(28)31-4-2/h6-8,14,16H,3-5,9-13,15H2,1-2H3,(H,23,24). The maximum absolute atomic E-state index is 13.1. The normalized spacial score (nSPS) is 15.2. The van der Waals surface area contributed by atoms with E-state index in [4.69, 9.17) is 4.74 Å². The van der Waals surface area contributed by atoms with E-state index in [0.717, 1.165) is 22.9 Å². The molecule has 1 aromatic heterocycles. The lowest BCUT2D eigenvalue weighted by Crippen LogP contribution is -2.40. The van der Waals surface area contributed by atoms with Gasteiger partial charge in [-0.2, -0.15) is 4.31 Å². The lowest BCUT2D eigenvalue weighted by molar-refractivity contribution is -0.149. The van der Waals surface area contributed by atoms with Crippen LogP contribution in [0.1, 0.15) is 49.9 Å². The number of carbonyl (C=O) groups is 2. The number of anilines is 1. The first kappa shape index (κ1) is 26.6. The number of carbonyl (C=O) groups excluding carboxylic acids is 2. The largest absolute Gasteiger partial charge is 0.466 e. The molecular formula is C22H30N4O5S3. The molecule has 2 heterocycles. The van der Waals surface area contributed by atoms with Crippen LogP contribution in [0.4, 0.5) is 5.13 Å². The molecule has 9 nitrogen and oxygen atoms in total. The first-order valence-corrected chi connectivity index (χ1v) is 14.6. The zero-order valence-electron chi connectivity index (χ0n) is 19.4. The van der Waals surface area contributed by atoms with E-state index in [9.17, 15) is 18.0 Å². The molecule has 0 bridgehead atoms. The van der Waals surface area contributed by atoms with Gasteiger partial charge in [-0.1, -0.05) is 48.6 Å². The number of nitrogens with one attached hydrogen (secondary N) is 1. The summed E-state index contributed by atoms with van der Waals surface area (Å²) in [5.41, 5.74) is 0.303. The Labute approximate surface area is 208 Å². The molecule has 34 heavy (non-hydrogen) atoms. The lowest BCUT2D eigenvalue weighted by atomic mass is 9.98. The second-order valence-corrected chi connectivity index (χ2v) is 12.1. The zero-order valence-corrected chi connectivity index (χ0v) is 21.8. The smallest absolute Gasteiger partial charge is 0.309 e. The maximum atomic E-state index is 13.1. The third kappa shape index (κ3) is 7.00. The van der Waals surface area contributed by atoms with Crippen LogP contribution in [0.3, 0.4) is 0 Å². The highest BCUT2D eigenvalue weighted by molar-refractivity contribution is 8.01. The van der Waals surface area contributed by atoms with Crippen molar-refractivity contribution in [3.8, 4) is 0 Å². The molecule has 0 unspecified atom stereocenters. The van der Waals surface area contributed by atoms with Crippen LogP contribution in [-0.2, 0) is 19.6 Å². The molecule has 1 aliphatic heterocycles. The van der Waals surface area contributed by atoms with Gasteiger partial charge in [-0.05, 0) is 38.3 Å². The van der Waals surface area contributed by atoms with Crippen LogP contribution in [0.15, 0.2) is 33.5 Å². The van der Waals surface area contributed by atoms with Crippen molar-refractivity contribution in [2.75, 3.05) is 37.3 Å². The number of nitrogens with zero attached hydrogens (tertiary/aromatic N) is 3. The number of ketones is 1. The van der Waals surface area contributed by atoms with E-state index in [1.54, 1.807) is 30.8 Å². The first-order valence-electron chi connectivity index (χ1n) is 11.3. The fourth-order valence-corrected chi connectivity index (χ4v) is 6.89. The molecule has 1 aromatic carbocycles. The number of Topliss-reactive ketones (excluding diaryl/α,β-unsaturated/α-hetero) is 1. The minimum atomic E-state index is -3.77. The summed E-state index contributed by atoms with van der Waals surface area (Å²) in [7, 11) is -3.77. The Morgan fingerprint density at radius 1 is 1.24 bits per heavy atom. The first-order chi connectivity index (χ1) is 16.3. The van der Waals surface area contributed by atoms with Crippen molar-refractivity contribution in [1.29, 1.82) is 0 Å². The number of sulfonamides is 1. The maximum Gasteiger partial charge on any atom is 0.309 e. The second-order valence-electron chi connectivity index (χ2n) is 7.81. The number of rotatable bonds is 12. The van der Waals surface area contributed by atoms with E-state index in [-0.39, 0.29) is 42.2 Å². The van der Waals surface area contributed by atoms with Crippen molar-refractivity contribution in [3.63, 3.8) is 0 Å². The zero-order chi connectivity index (χ0) is 24.6. The molecule has 0 aliphatic carbocycles. The lowest BCUT2D eigenvalue weighted by Gasteiger charge is -2.30. The van der Waals surface area contributed by atoms with Gasteiger partial charge in [0, 0.05) is 24.4 Å². The van der Waals surface area contributed by atoms with Crippen molar-refractivity contribution in [1.82, 2.24) is 14.5 Å². The number of aromatic nitrogens is 2. The summed E-state index contributed by atoms with van der Waals surface area (Å²) in [6.07, 6.45) is 3.06. The van der Waals surface area contributed by atoms with Crippen LogP contribution < -0.4 is 5.32 Å². The molecule has 1 N–H and O–H groups in total. The van der Waals surface area contributed by atoms with Gasteiger partial charge in [-0.3, -0.25) is 9.59 Å². The Kier molecular flexibility index (Phi) is 9.86. The summed E-state index contributed by atoms with van der Waals surface area (Å²) in [5.74, 6) is 0.178. The van der Waals surface area contributed by atoms with Gasteiger partial charge in [0.05, 0.1) is 24.0 Å². The summed E-state index contributed by atoms with van der Waals surface area (Å²) in [6, 6.07) is 6.06. The number of thioether (sulfide) groups is 1. The fraction of sp³-hybridized carbons (Fsp3) is 0.545. The van der Waals surface area contributed by atoms with Crippen LogP contribution in [0.2, 0.25) is 0 Å². The van der Waals surface area contributed by atoms with E-state index in [2.05, 4.69) is 22.4 Å². The predicted octanol–water partition coefficient (Wildman–Crippen LogP) is 3.69.